The molecule has 0 unspecified atom stereocenters. The second kappa shape index (κ2) is 9.32. The predicted octanol–water partition coefficient (Wildman–Crippen LogP) is 4.56. The van der Waals surface area contributed by atoms with E-state index in [2.05, 4.69) is 0 Å². The highest BCUT2D eigenvalue weighted by Gasteiger charge is 2.35. The lowest BCUT2D eigenvalue weighted by molar-refractivity contribution is -0.384. The molecule has 0 saturated carbocycles. The van der Waals surface area contributed by atoms with Crippen LogP contribution in [0.3, 0.4) is 0 Å². The van der Waals surface area contributed by atoms with Gasteiger partial charge >= 0.3 is 12.1 Å². The second-order valence-electron chi connectivity index (χ2n) is 8.28. The van der Waals surface area contributed by atoms with Gasteiger partial charge in [-0.15, -0.1) is 0 Å². The minimum atomic E-state index is -4.68. The van der Waals surface area contributed by atoms with E-state index in [0.29, 0.717) is 37.6 Å². The number of nitro groups is 1. The molecule has 0 aromatic heterocycles. The van der Waals surface area contributed by atoms with Crippen molar-refractivity contribution in [3.8, 4) is 5.75 Å². The Hall–Kier alpha value is -3.63. The number of amides is 1. The number of carbonyl (C=O) groups is 2. The summed E-state index contributed by atoms with van der Waals surface area (Å²) in [6.45, 7) is 1.19. The van der Waals surface area contributed by atoms with Crippen LogP contribution in [0.15, 0.2) is 42.5 Å². The zero-order valence-corrected chi connectivity index (χ0v) is 18.1. The first kappa shape index (κ1) is 23.5. The number of nitro benzene ring substituents is 1. The number of anilines is 2. The molecule has 2 aromatic rings. The molecule has 0 radical (unpaired) electrons. The molecule has 0 N–H and O–H groups in total. The van der Waals surface area contributed by atoms with E-state index in [0.717, 1.165) is 24.2 Å². The molecule has 2 aliphatic heterocycles. The maximum Gasteiger partial charge on any atom is 0.416 e. The van der Waals surface area contributed by atoms with E-state index in [9.17, 15) is 32.9 Å². The minimum absolute atomic E-state index is 0.0600. The second-order valence-corrected chi connectivity index (χ2v) is 8.28. The van der Waals surface area contributed by atoms with Crippen LogP contribution in [-0.2, 0) is 15.8 Å². The standard InChI is InChI=1S/C23H22F3N3O5/c24-23(25,26)16-3-8-19(20(14-16)29(32)33)27-12-9-15(10-13-27)22(31)34-18-6-4-17(5-7-18)28-11-1-2-21(28)30/h3-8,14-15H,1-2,9-13H2. The number of alkyl halides is 3. The molecule has 8 nitrogen and oxygen atoms in total. The van der Waals surface area contributed by atoms with E-state index < -0.39 is 34.2 Å². The molecule has 2 heterocycles. The lowest BCUT2D eigenvalue weighted by Crippen LogP contribution is -2.38. The number of rotatable bonds is 5. The van der Waals surface area contributed by atoms with Crippen LogP contribution in [0.1, 0.15) is 31.2 Å². The number of ether oxygens (including phenoxy) is 1. The van der Waals surface area contributed by atoms with Gasteiger partial charge < -0.3 is 14.5 Å². The quantitative estimate of drug-likeness (QED) is 0.271. The van der Waals surface area contributed by atoms with E-state index >= 15 is 0 Å². The van der Waals surface area contributed by atoms with Crippen LogP contribution in [0.2, 0.25) is 0 Å². The maximum absolute atomic E-state index is 12.9. The van der Waals surface area contributed by atoms with Crippen LogP contribution >= 0.6 is 0 Å². The van der Waals surface area contributed by atoms with E-state index in [1.165, 1.54) is 0 Å². The van der Waals surface area contributed by atoms with Crippen molar-refractivity contribution in [2.45, 2.75) is 31.9 Å². The van der Waals surface area contributed by atoms with Gasteiger partial charge in [0.2, 0.25) is 5.91 Å². The Morgan fingerprint density at radius 3 is 2.29 bits per heavy atom. The Bertz CT molecular complexity index is 1100. The van der Waals surface area contributed by atoms with E-state index in [-0.39, 0.29) is 24.7 Å². The Balaban J connectivity index is 1.37. The van der Waals surface area contributed by atoms with Gasteiger partial charge in [-0.2, -0.15) is 13.2 Å². The highest BCUT2D eigenvalue weighted by molar-refractivity contribution is 5.95. The highest BCUT2D eigenvalue weighted by atomic mass is 19.4. The Morgan fingerprint density at radius 2 is 1.74 bits per heavy atom. The molecule has 2 aliphatic rings. The van der Waals surface area contributed by atoms with Crippen LogP contribution < -0.4 is 14.5 Å². The van der Waals surface area contributed by atoms with Gasteiger partial charge in [0.15, 0.2) is 0 Å². The van der Waals surface area contributed by atoms with Crippen molar-refractivity contribution in [2.75, 3.05) is 29.4 Å². The fourth-order valence-corrected chi connectivity index (χ4v) is 4.28. The summed E-state index contributed by atoms with van der Waals surface area (Å²) in [7, 11) is 0. The third kappa shape index (κ3) is 4.97. The number of hydrogen-bond acceptors (Lipinski definition) is 6. The Labute approximate surface area is 193 Å². The van der Waals surface area contributed by atoms with Crippen LogP contribution in [0.4, 0.5) is 30.2 Å². The predicted molar refractivity (Wildman–Crippen MR) is 117 cm³/mol. The first-order valence-corrected chi connectivity index (χ1v) is 10.9. The van der Waals surface area contributed by atoms with Gasteiger partial charge in [0.05, 0.1) is 16.4 Å². The van der Waals surface area contributed by atoms with E-state index in [1.807, 2.05) is 0 Å². The van der Waals surface area contributed by atoms with Gasteiger partial charge in [0, 0.05) is 37.8 Å². The topological polar surface area (TPSA) is 93.0 Å². The molecule has 2 saturated heterocycles. The average molecular weight is 477 g/mol. The molecule has 180 valence electrons. The first-order chi connectivity index (χ1) is 16.1. The third-order valence-corrected chi connectivity index (χ3v) is 6.11. The smallest absolute Gasteiger partial charge is 0.416 e. The van der Waals surface area contributed by atoms with Crippen molar-refractivity contribution in [3.05, 3.63) is 58.1 Å². The van der Waals surface area contributed by atoms with Gasteiger partial charge in [-0.05, 0) is 55.7 Å². The number of halogens is 3. The van der Waals surface area contributed by atoms with Gasteiger partial charge in [-0.3, -0.25) is 19.7 Å². The summed E-state index contributed by atoms with van der Waals surface area (Å²) < 4.78 is 44.3. The summed E-state index contributed by atoms with van der Waals surface area (Å²) in [5, 5.41) is 11.4. The molecular weight excluding hydrogens is 455 g/mol. The first-order valence-electron chi connectivity index (χ1n) is 10.9. The SMILES string of the molecule is O=C(Oc1ccc(N2CCCC2=O)cc1)C1CCN(c2ccc(C(F)(F)F)cc2[N+](=O)[O-])CC1. The number of piperidine rings is 1. The van der Waals surface area contributed by atoms with E-state index in [1.54, 1.807) is 34.1 Å². The van der Waals surface area contributed by atoms with Crippen LogP contribution in [-0.4, -0.2) is 36.4 Å². The molecule has 0 spiro atoms. The summed E-state index contributed by atoms with van der Waals surface area (Å²) >= 11 is 0. The minimum Gasteiger partial charge on any atom is -0.426 e. The van der Waals surface area contributed by atoms with Crippen LogP contribution in [0, 0.1) is 16.0 Å². The molecular formula is C23H22F3N3O5. The summed E-state index contributed by atoms with van der Waals surface area (Å²) in [5.41, 5.74) is -0.862. The van der Waals surface area contributed by atoms with Crippen molar-refractivity contribution in [3.63, 3.8) is 0 Å². The highest BCUT2D eigenvalue weighted by Crippen LogP contribution is 2.38. The molecule has 11 heteroatoms. The number of hydrogen-bond donors (Lipinski definition) is 0. The van der Waals surface area contributed by atoms with Crippen molar-refractivity contribution in [1.29, 1.82) is 0 Å². The van der Waals surface area contributed by atoms with Gasteiger partial charge in [0.25, 0.3) is 5.69 Å². The Morgan fingerprint density at radius 1 is 1.06 bits per heavy atom. The molecule has 34 heavy (non-hydrogen) atoms. The molecule has 0 bridgehead atoms. The summed E-state index contributed by atoms with van der Waals surface area (Å²) in [4.78, 5) is 38.3. The number of nitrogens with zero attached hydrogens (tertiary/aromatic N) is 3. The van der Waals surface area contributed by atoms with Crippen LogP contribution in [0.5, 0.6) is 5.75 Å². The largest absolute Gasteiger partial charge is 0.426 e. The maximum atomic E-state index is 12.9. The molecule has 2 fully saturated rings. The average Bonchev–Trinajstić information content (AvgIpc) is 3.24. The fourth-order valence-electron chi connectivity index (χ4n) is 4.28. The normalized spacial score (nSPS) is 17.2. The number of carbonyl (C=O) groups excluding carboxylic acids is 2. The Kier molecular flexibility index (Phi) is 6.45. The van der Waals surface area contributed by atoms with Crippen molar-refractivity contribution in [2.24, 2.45) is 5.92 Å². The summed E-state index contributed by atoms with van der Waals surface area (Å²) in [6, 6.07) is 9.15. The zero-order chi connectivity index (χ0) is 24.5. The van der Waals surface area contributed by atoms with Gasteiger partial charge in [-0.1, -0.05) is 0 Å². The lowest BCUT2D eigenvalue weighted by atomic mass is 9.96. The number of benzene rings is 2. The summed E-state index contributed by atoms with van der Waals surface area (Å²) in [5.74, 6) is -0.470. The van der Waals surface area contributed by atoms with Crippen molar-refractivity contribution >= 4 is 28.9 Å². The molecule has 2 aromatic carbocycles. The lowest BCUT2D eigenvalue weighted by Gasteiger charge is -2.32. The third-order valence-electron chi connectivity index (χ3n) is 6.11. The molecule has 0 aliphatic carbocycles. The fraction of sp³-hybridized carbons (Fsp3) is 0.391. The van der Waals surface area contributed by atoms with Crippen LogP contribution in [0.25, 0.3) is 0 Å². The molecule has 1 amide bonds. The van der Waals surface area contributed by atoms with Gasteiger partial charge in [-0.25, -0.2) is 0 Å². The zero-order valence-electron chi connectivity index (χ0n) is 18.1. The number of esters is 1. The van der Waals surface area contributed by atoms with Gasteiger partial charge in [0.1, 0.15) is 11.4 Å². The molecule has 4 rings (SSSR count). The van der Waals surface area contributed by atoms with Crippen molar-refractivity contribution in [1.82, 2.24) is 0 Å². The van der Waals surface area contributed by atoms with Crippen molar-refractivity contribution < 1.29 is 32.4 Å². The summed E-state index contributed by atoms with van der Waals surface area (Å²) in [6.07, 6.45) is -2.66. The monoisotopic (exact) mass is 477 g/mol. The molecule has 0 atom stereocenters. The van der Waals surface area contributed by atoms with E-state index in [4.69, 9.17) is 4.74 Å².